The molecular formula is C20H20N2O2. The number of anilines is 1. The molecule has 2 aromatic carbocycles. The maximum Gasteiger partial charge on any atom is 0.150 e. The number of hydrogen-bond donors (Lipinski definition) is 0. The molecule has 0 spiro atoms. The number of furan rings is 1. The van der Waals surface area contributed by atoms with Gasteiger partial charge in [0.05, 0.1) is 6.26 Å². The van der Waals surface area contributed by atoms with Crippen LogP contribution in [0.2, 0.25) is 0 Å². The fourth-order valence-corrected chi connectivity index (χ4v) is 3.26. The van der Waals surface area contributed by atoms with Crippen LogP contribution in [-0.2, 0) is 0 Å². The van der Waals surface area contributed by atoms with Crippen molar-refractivity contribution in [2.75, 3.05) is 38.1 Å². The molecule has 0 aliphatic carbocycles. The maximum atomic E-state index is 11.0. The molecule has 1 fully saturated rings. The Morgan fingerprint density at radius 3 is 2.46 bits per heavy atom. The van der Waals surface area contributed by atoms with Gasteiger partial charge in [0, 0.05) is 48.4 Å². The number of piperazine rings is 1. The van der Waals surface area contributed by atoms with Gasteiger partial charge in [-0.3, -0.25) is 4.79 Å². The van der Waals surface area contributed by atoms with E-state index in [0.29, 0.717) is 5.56 Å². The highest BCUT2D eigenvalue weighted by molar-refractivity contribution is 5.97. The van der Waals surface area contributed by atoms with E-state index in [1.54, 1.807) is 12.3 Å². The third kappa shape index (κ3) is 2.69. The summed E-state index contributed by atoms with van der Waals surface area (Å²) in [5.74, 6) is 0. The van der Waals surface area contributed by atoms with Crippen molar-refractivity contribution in [1.82, 2.24) is 4.90 Å². The molecule has 3 aromatic rings. The summed E-state index contributed by atoms with van der Waals surface area (Å²) >= 11 is 0. The van der Waals surface area contributed by atoms with Crippen LogP contribution in [0.1, 0.15) is 10.4 Å². The van der Waals surface area contributed by atoms with Gasteiger partial charge >= 0.3 is 0 Å². The fourth-order valence-electron chi connectivity index (χ4n) is 3.26. The lowest BCUT2D eigenvalue weighted by molar-refractivity contribution is 0.112. The number of benzene rings is 2. The maximum absolute atomic E-state index is 11.0. The summed E-state index contributed by atoms with van der Waals surface area (Å²) in [5.41, 5.74) is 4.86. The first-order valence-corrected chi connectivity index (χ1v) is 8.25. The Hall–Kier alpha value is -2.59. The van der Waals surface area contributed by atoms with Gasteiger partial charge in [-0.15, -0.1) is 0 Å². The summed E-state index contributed by atoms with van der Waals surface area (Å²) in [6, 6.07) is 14.1. The number of aldehydes is 1. The third-order valence-corrected chi connectivity index (χ3v) is 4.78. The highest BCUT2D eigenvalue weighted by atomic mass is 16.3. The van der Waals surface area contributed by atoms with Crippen molar-refractivity contribution in [2.24, 2.45) is 0 Å². The van der Waals surface area contributed by atoms with Crippen LogP contribution in [0.25, 0.3) is 22.1 Å². The molecule has 0 N–H and O–H groups in total. The topological polar surface area (TPSA) is 36.7 Å². The van der Waals surface area contributed by atoms with E-state index in [1.807, 2.05) is 12.1 Å². The number of carbonyl (C=O) groups excluding carboxylic acids is 1. The van der Waals surface area contributed by atoms with Gasteiger partial charge in [0.25, 0.3) is 0 Å². The molecule has 1 aromatic heterocycles. The predicted octanol–water partition coefficient (Wildman–Crippen LogP) is 3.66. The van der Waals surface area contributed by atoms with Crippen LogP contribution < -0.4 is 4.90 Å². The predicted molar refractivity (Wildman–Crippen MR) is 96.7 cm³/mol. The average Bonchev–Trinajstić information content (AvgIpc) is 3.05. The molecule has 4 rings (SSSR count). The summed E-state index contributed by atoms with van der Waals surface area (Å²) in [7, 11) is 2.16. The molecule has 4 heteroatoms. The second-order valence-corrected chi connectivity index (χ2v) is 6.36. The molecule has 0 saturated carbocycles. The van der Waals surface area contributed by atoms with Gasteiger partial charge in [-0.2, -0.15) is 0 Å². The second kappa shape index (κ2) is 6.13. The van der Waals surface area contributed by atoms with Crippen LogP contribution in [-0.4, -0.2) is 44.4 Å². The van der Waals surface area contributed by atoms with Crippen LogP contribution in [0.4, 0.5) is 5.69 Å². The molecular weight excluding hydrogens is 300 g/mol. The van der Waals surface area contributed by atoms with Gasteiger partial charge < -0.3 is 14.2 Å². The van der Waals surface area contributed by atoms with Gasteiger partial charge in [-0.25, -0.2) is 0 Å². The first kappa shape index (κ1) is 15.0. The van der Waals surface area contributed by atoms with Crippen molar-refractivity contribution in [3.8, 4) is 11.1 Å². The molecule has 1 aliphatic rings. The summed E-state index contributed by atoms with van der Waals surface area (Å²) < 4.78 is 5.63. The van der Waals surface area contributed by atoms with E-state index in [9.17, 15) is 4.79 Å². The van der Waals surface area contributed by atoms with Gasteiger partial charge in [-0.1, -0.05) is 12.1 Å². The minimum Gasteiger partial charge on any atom is -0.464 e. The number of likely N-dealkylation sites (N-methyl/N-ethyl adjacent to an activating group) is 1. The Kier molecular flexibility index (Phi) is 3.82. The van der Waals surface area contributed by atoms with Gasteiger partial charge in [0.1, 0.15) is 11.9 Å². The van der Waals surface area contributed by atoms with Crippen LogP contribution in [0.5, 0.6) is 0 Å². The summed E-state index contributed by atoms with van der Waals surface area (Å²) in [5, 5.41) is 0.979. The fraction of sp³-hybridized carbons (Fsp3) is 0.250. The Morgan fingerprint density at radius 1 is 1.00 bits per heavy atom. The van der Waals surface area contributed by atoms with E-state index in [1.165, 1.54) is 5.69 Å². The van der Waals surface area contributed by atoms with Crippen molar-refractivity contribution in [3.63, 3.8) is 0 Å². The lowest BCUT2D eigenvalue weighted by Crippen LogP contribution is -2.44. The van der Waals surface area contributed by atoms with Crippen LogP contribution in [0.15, 0.2) is 53.1 Å². The molecule has 2 heterocycles. The van der Waals surface area contributed by atoms with E-state index in [-0.39, 0.29) is 0 Å². The molecule has 1 saturated heterocycles. The minimum absolute atomic E-state index is 0.666. The Morgan fingerprint density at radius 2 is 1.75 bits per heavy atom. The number of fused-ring (bicyclic) bond motifs is 1. The molecule has 0 bridgehead atoms. The summed E-state index contributed by atoms with van der Waals surface area (Å²) in [4.78, 5) is 15.8. The monoisotopic (exact) mass is 320 g/mol. The first-order valence-electron chi connectivity index (χ1n) is 8.25. The summed E-state index contributed by atoms with van der Waals surface area (Å²) in [6.07, 6.45) is 2.64. The van der Waals surface area contributed by atoms with E-state index < -0.39 is 0 Å². The second-order valence-electron chi connectivity index (χ2n) is 6.36. The SMILES string of the molecule is CN1CCN(c2ccc(-c3coc4ccc(C=O)cc34)cc2)CC1. The van der Waals surface area contributed by atoms with Gasteiger partial charge in [0.2, 0.25) is 0 Å². The van der Waals surface area contributed by atoms with Crippen molar-refractivity contribution >= 4 is 22.9 Å². The first-order chi connectivity index (χ1) is 11.7. The third-order valence-electron chi connectivity index (χ3n) is 4.78. The highest BCUT2D eigenvalue weighted by Crippen LogP contribution is 2.32. The normalized spacial score (nSPS) is 15.8. The minimum atomic E-state index is 0.666. The van der Waals surface area contributed by atoms with Crippen LogP contribution in [0, 0.1) is 0 Å². The van der Waals surface area contributed by atoms with Crippen LogP contribution in [0.3, 0.4) is 0 Å². The zero-order valence-electron chi connectivity index (χ0n) is 13.7. The zero-order chi connectivity index (χ0) is 16.5. The van der Waals surface area contributed by atoms with Crippen molar-refractivity contribution in [3.05, 3.63) is 54.3 Å². The molecule has 24 heavy (non-hydrogen) atoms. The lowest BCUT2D eigenvalue weighted by atomic mass is 10.0. The molecule has 122 valence electrons. The largest absolute Gasteiger partial charge is 0.464 e. The van der Waals surface area contributed by atoms with E-state index >= 15 is 0 Å². The van der Waals surface area contributed by atoms with E-state index in [4.69, 9.17) is 4.42 Å². The number of hydrogen-bond acceptors (Lipinski definition) is 4. The number of nitrogens with zero attached hydrogens (tertiary/aromatic N) is 2. The van der Waals surface area contributed by atoms with Gasteiger partial charge in [0.15, 0.2) is 0 Å². The molecule has 0 atom stereocenters. The molecule has 1 aliphatic heterocycles. The standard InChI is InChI=1S/C20H20N2O2/c1-21-8-10-22(11-9-21)17-5-3-16(4-6-17)19-14-24-20-7-2-15(13-23)12-18(19)20/h2-7,12-14H,8-11H2,1H3. The number of carbonyl (C=O) groups is 1. The van der Waals surface area contributed by atoms with Crippen molar-refractivity contribution in [1.29, 1.82) is 0 Å². The number of rotatable bonds is 3. The Labute approximate surface area is 141 Å². The quantitative estimate of drug-likeness (QED) is 0.690. The van der Waals surface area contributed by atoms with Crippen molar-refractivity contribution in [2.45, 2.75) is 0 Å². The van der Waals surface area contributed by atoms with Crippen molar-refractivity contribution < 1.29 is 9.21 Å². The highest BCUT2D eigenvalue weighted by Gasteiger charge is 2.15. The summed E-state index contributed by atoms with van der Waals surface area (Å²) in [6.45, 7) is 4.32. The Bertz CT molecular complexity index is 859. The van der Waals surface area contributed by atoms with E-state index in [0.717, 1.165) is 54.6 Å². The molecule has 0 amide bonds. The molecule has 0 unspecified atom stereocenters. The molecule has 4 nitrogen and oxygen atoms in total. The van der Waals surface area contributed by atoms with Crippen LogP contribution >= 0.6 is 0 Å². The molecule has 0 radical (unpaired) electrons. The smallest absolute Gasteiger partial charge is 0.150 e. The van der Waals surface area contributed by atoms with E-state index in [2.05, 4.69) is 41.1 Å². The zero-order valence-corrected chi connectivity index (χ0v) is 13.7. The lowest BCUT2D eigenvalue weighted by Gasteiger charge is -2.34. The van der Waals surface area contributed by atoms with Gasteiger partial charge in [-0.05, 0) is 42.9 Å². The Balaban J connectivity index is 1.64. The average molecular weight is 320 g/mol.